The van der Waals surface area contributed by atoms with E-state index >= 15 is 0 Å². The minimum atomic E-state index is -0.102. The Morgan fingerprint density at radius 3 is 2.82 bits per heavy atom. The van der Waals surface area contributed by atoms with Gasteiger partial charge in [0.25, 0.3) is 5.56 Å². The number of pyridine rings is 2. The van der Waals surface area contributed by atoms with Gasteiger partial charge in [-0.15, -0.1) is 0 Å². The van der Waals surface area contributed by atoms with Crippen LogP contribution >= 0.6 is 43.5 Å². The van der Waals surface area contributed by atoms with Crippen LogP contribution in [-0.2, 0) is 6.54 Å². The lowest BCUT2D eigenvalue weighted by molar-refractivity contribution is 0.733. The third-order valence-electron chi connectivity index (χ3n) is 2.11. The van der Waals surface area contributed by atoms with Crippen LogP contribution in [0.5, 0.6) is 0 Å². The lowest BCUT2D eigenvalue weighted by atomic mass is 10.3. The predicted molar refractivity (Wildman–Crippen MR) is 74.5 cm³/mol. The number of halogens is 3. The Hall–Kier alpha value is -0.650. The van der Waals surface area contributed by atoms with Crippen molar-refractivity contribution in [3.8, 4) is 0 Å². The Morgan fingerprint density at radius 2 is 2.12 bits per heavy atom. The van der Waals surface area contributed by atoms with E-state index in [4.69, 9.17) is 11.6 Å². The van der Waals surface area contributed by atoms with Gasteiger partial charge in [0.2, 0.25) is 0 Å². The molecule has 0 aliphatic rings. The summed E-state index contributed by atoms with van der Waals surface area (Å²) >= 11 is 12.4. The first kappa shape index (κ1) is 12.8. The SMILES string of the molecule is O=c1c(Br)cc(Br)cn1Cc1cccc(Cl)n1. The molecule has 0 aliphatic carbocycles. The quantitative estimate of drug-likeness (QED) is 0.750. The summed E-state index contributed by atoms with van der Waals surface area (Å²) in [4.78, 5) is 16.0. The average molecular weight is 378 g/mol. The van der Waals surface area contributed by atoms with Crippen LogP contribution in [0.4, 0.5) is 0 Å². The third-order valence-corrected chi connectivity index (χ3v) is 3.33. The smallest absolute Gasteiger partial charge is 0.265 e. The largest absolute Gasteiger partial charge is 0.307 e. The zero-order valence-electron chi connectivity index (χ0n) is 8.53. The summed E-state index contributed by atoms with van der Waals surface area (Å²) < 4.78 is 2.90. The molecule has 88 valence electrons. The second-order valence-corrected chi connectivity index (χ2v) is 5.55. The van der Waals surface area contributed by atoms with Crippen LogP contribution in [0.1, 0.15) is 5.69 Å². The van der Waals surface area contributed by atoms with Gasteiger partial charge in [0, 0.05) is 10.7 Å². The first-order chi connectivity index (χ1) is 8.06. The van der Waals surface area contributed by atoms with E-state index in [9.17, 15) is 4.79 Å². The summed E-state index contributed by atoms with van der Waals surface area (Å²) in [6.07, 6.45) is 1.72. The second kappa shape index (κ2) is 5.33. The monoisotopic (exact) mass is 376 g/mol. The van der Waals surface area contributed by atoms with E-state index in [1.54, 1.807) is 22.9 Å². The molecular formula is C11H7Br2ClN2O. The molecule has 2 rings (SSSR count). The Morgan fingerprint density at radius 1 is 1.35 bits per heavy atom. The predicted octanol–water partition coefficient (Wildman–Crippen LogP) is 3.47. The average Bonchev–Trinajstić information content (AvgIpc) is 2.25. The van der Waals surface area contributed by atoms with Crippen LogP contribution in [0, 0.1) is 0 Å². The van der Waals surface area contributed by atoms with Crippen LogP contribution in [0.3, 0.4) is 0 Å². The molecule has 0 spiro atoms. The molecule has 0 unspecified atom stereocenters. The van der Waals surface area contributed by atoms with Crippen LogP contribution in [0.15, 0.2) is 44.2 Å². The normalized spacial score (nSPS) is 10.5. The van der Waals surface area contributed by atoms with Gasteiger partial charge in [-0.1, -0.05) is 17.7 Å². The van der Waals surface area contributed by atoms with Gasteiger partial charge < -0.3 is 4.57 Å². The van der Waals surface area contributed by atoms with E-state index in [-0.39, 0.29) is 5.56 Å². The van der Waals surface area contributed by atoms with E-state index < -0.39 is 0 Å². The van der Waals surface area contributed by atoms with E-state index in [1.807, 2.05) is 12.1 Å². The first-order valence-electron chi connectivity index (χ1n) is 4.73. The molecule has 0 saturated heterocycles. The van der Waals surface area contributed by atoms with Crippen LogP contribution < -0.4 is 5.56 Å². The van der Waals surface area contributed by atoms with Crippen molar-refractivity contribution in [2.75, 3.05) is 0 Å². The van der Waals surface area contributed by atoms with Gasteiger partial charge in [0.1, 0.15) is 5.15 Å². The Kier molecular flexibility index (Phi) is 4.01. The van der Waals surface area contributed by atoms with E-state index in [0.29, 0.717) is 16.2 Å². The lowest BCUT2D eigenvalue weighted by Crippen LogP contribution is -2.21. The number of rotatable bonds is 2. The van der Waals surface area contributed by atoms with Crippen LogP contribution in [0.2, 0.25) is 5.15 Å². The second-order valence-electron chi connectivity index (χ2n) is 3.39. The minimum absolute atomic E-state index is 0.102. The molecule has 0 radical (unpaired) electrons. The molecule has 0 aliphatic heterocycles. The maximum Gasteiger partial charge on any atom is 0.265 e. The lowest BCUT2D eigenvalue weighted by Gasteiger charge is -2.06. The fourth-order valence-corrected chi connectivity index (χ4v) is 2.83. The highest BCUT2D eigenvalue weighted by Gasteiger charge is 2.05. The summed E-state index contributed by atoms with van der Waals surface area (Å²) in [5.41, 5.74) is 0.638. The Bertz CT molecular complexity index is 613. The molecule has 0 N–H and O–H groups in total. The molecule has 0 bridgehead atoms. The van der Waals surface area contributed by atoms with Crippen molar-refractivity contribution in [1.29, 1.82) is 0 Å². The van der Waals surface area contributed by atoms with Gasteiger partial charge in [-0.2, -0.15) is 0 Å². The molecule has 0 fully saturated rings. The molecule has 17 heavy (non-hydrogen) atoms. The van der Waals surface area contributed by atoms with Crippen LogP contribution in [0.25, 0.3) is 0 Å². The Balaban J connectivity index is 2.40. The summed E-state index contributed by atoms with van der Waals surface area (Å²) in [7, 11) is 0. The molecule has 2 aromatic rings. The molecule has 2 heterocycles. The topological polar surface area (TPSA) is 34.9 Å². The fourth-order valence-electron chi connectivity index (χ4n) is 1.40. The number of hydrogen-bond donors (Lipinski definition) is 0. The van der Waals surface area contributed by atoms with E-state index in [0.717, 1.165) is 10.2 Å². The van der Waals surface area contributed by atoms with Gasteiger partial charge in [0.15, 0.2) is 0 Å². The van der Waals surface area contributed by atoms with Crippen molar-refractivity contribution in [3.63, 3.8) is 0 Å². The Labute approximate surface area is 120 Å². The fraction of sp³-hybridized carbons (Fsp3) is 0.0909. The molecule has 6 heteroatoms. The van der Waals surface area contributed by atoms with Gasteiger partial charge in [-0.3, -0.25) is 4.79 Å². The maximum atomic E-state index is 11.8. The molecule has 0 atom stereocenters. The summed E-state index contributed by atoms with van der Waals surface area (Å²) in [6.45, 7) is 0.386. The van der Waals surface area contributed by atoms with Gasteiger partial charge in [-0.25, -0.2) is 4.98 Å². The number of nitrogens with zero attached hydrogens (tertiary/aromatic N) is 2. The van der Waals surface area contributed by atoms with Crippen molar-refractivity contribution in [1.82, 2.24) is 9.55 Å². The molecule has 0 amide bonds. The zero-order valence-corrected chi connectivity index (χ0v) is 12.5. The minimum Gasteiger partial charge on any atom is -0.307 e. The van der Waals surface area contributed by atoms with E-state index in [1.165, 1.54) is 0 Å². The third kappa shape index (κ3) is 3.18. The molecular weight excluding hydrogens is 371 g/mol. The van der Waals surface area contributed by atoms with Crippen LogP contribution in [-0.4, -0.2) is 9.55 Å². The van der Waals surface area contributed by atoms with Gasteiger partial charge >= 0.3 is 0 Å². The highest BCUT2D eigenvalue weighted by molar-refractivity contribution is 9.11. The van der Waals surface area contributed by atoms with E-state index in [2.05, 4.69) is 36.8 Å². The summed E-state index contributed by atoms with van der Waals surface area (Å²) in [5, 5.41) is 0.421. The van der Waals surface area contributed by atoms with Crippen molar-refractivity contribution in [2.45, 2.75) is 6.54 Å². The molecule has 0 saturated carbocycles. The van der Waals surface area contributed by atoms with Gasteiger partial charge in [0.05, 0.1) is 16.7 Å². The molecule has 3 nitrogen and oxygen atoms in total. The summed E-state index contributed by atoms with van der Waals surface area (Å²) in [6, 6.07) is 7.05. The molecule has 0 aromatic carbocycles. The van der Waals surface area contributed by atoms with Crippen molar-refractivity contribution in [2.24, 2.45) is 0 Å². The number of aromatic nitrogens is 2. The molecule has 2 aromatic heterocycles. The number of hydrogen-bond acceptors (Lipinski definition) is 2. The first-order valence-corrected chi connectivity index (χ1v) is 6.69. The zero-order chi connectivity index (χ0) is 12.4. The van der Waals surface area contributed by atoms with Crippen molar-refractivity contribution < 1.29 is 0 Å². The maximum absolute atomic E-state index is 11.8. The highest BCUT2D eigenvalue weighted by atomic mass is 79.9. The highest BCUT2D eigenvalue weighted by Crippen LogP contribution is 2.14. The van der Waals surface area contributed by atoms with Gasteiger partial charge in [-0.05, 0) is 50.1 Å². The van der Waals surface area contributed by atoms with Crippen molar-refractivity contribution >= 4 is 43.5 Å². The van der Waals surface area contributed by atoms with Crippen molar-refractivity contribution in [3.05, 3.63) is 60.6 Å². The summed E-state index contributed by atoms with van der Waals surface area (Å²) in [5.74, 6) is 0. The standard InChI is InChI=1S/C11H7Br2ClN2O/c12-7-4-9(13)11(17)16(5-7)6-8-2-1-3-10(14)15-8/h1-5H,6H2.